The Bertz CT molecular complexity index is 634. The summed E-state index contributed by atoms with van der Waals surface area (Å²) in [4.78, 5) is -0.149. The zero-order valence-corrected chi connectivity index (χ0v) is 14.9. The number of β-amino-alcohol motifs (C(OH)–C–C–N with tert-alkyl or cyclic N) is 1. The maximum absolute atomic E-state index is 12.3. The molecule has 6 nitrogen and oxygen atoms in total. The fraction of sp³-hybridized carbons (Fsp3) is 0.500. The lowest BCUT2D eigenvalue weighted by atomic mass is 10.1. The fourth-order valence-electron chi connectivity index (χ4n) is 2.06. The minimum atomic E-state index is -3.87. The topological polar surface area (TPSA) is 87.7 Å². The summed E-state index contributed by atoms with van der Waals surface area (Å²) >= 11 is 11.9. The number of rotatable bonds is 5. The molecule has 0 radical (unpaired) electrons. The molecular formula is C12H17Cl3N2O4S. The molecule has 0 aliphatic carbocycles. The molecule has 1 unspecified atom stereocenters. The Morgan fingerprint density at radius 1 is 1.41 bits per heavy atom. The minimum absolute atomic E-state index is 0. The number of ether oxygens (including phenoxy) is 1. The predicted octanol–water partition coefficient (Wildman–Crippen LogP) is 1.43. The molecule has 0 aromatic heterocycles. The molecule has 22 heavy (non-hydrogen) atoms. The van der Waals surface area contributed by atoms with E-state index < -0.39 is 15.6 Å². The first-order chi connectivity index (χ1) is 9.77. The van der Waals surface area contributed by atoms with Gasteiger partial charge in [0.2, 0.25) is 10.0 Å². The van der Waals surface area contributed by atoms with Crippen molar-refractivity contribution in [2.24, 2.45) is 0 Å². The lowest BCUT2D eigenvalue weighted by Crippen LogP contribution is -2.44. The number of sulfonamides is 1. The van der Waals surface area contributed by atoms with Crippen LogP contribution in [0.25, 0.3) is 0 Å². The van der Waals surface area contributed by atoms with Gasteiger partial charge in [-0.25, -0.2) is 13.1 Å². The molecule has 1 aromatic rings. The fourth-order valence-corrected chi connectivity index (χ4v) is 4.03. The van der Waals surface area contributed by atoms with Crippen molar-refractivity contribution in [1.29, 1.82) is 0 Å². The average molecular weight is 392 g/mol. The largest absolute Gasteiger partial charge is 0.495 e. The Hall–Kier alpha value is -0.280. The van der Waals surface area contributed by atoms with Crippen molar-refractivity contribution in [3.05, 3.63) is 22.2 Å². The smallest absolute Gasteiger partial charge is 0.242 e. The van der Waals surface area contributed by atoms with Gasteiger partial charge in [0.1, 0.15) is 10.6 Å². The van der Waals surface area contributed by atoms with Crippen LogP contribution in [0.1, 0.15) is 6.42 Å². The van der Waals surface area contributed by atoms with Crippen LogP contribution in [-0.4, -0.2) is 45.9 Å². The van der Waals surface area contributed by atoms with Crippen LogP contribution in [0.4, 0.5) is 0 Å². The van der Waals surface area contributed by atoms with Gasteiger partial charge in [-0.05, 0) is 19.0 Å². The lowest BCUT2D eigenvalue weighted by Gasteiger charge is -2.21. The van der Waals surface area contributed by atoms with Gasteiger partial charge in [-0.1, -0.05) is 23.2 Å². The number of benzene rings is 1. The number of nitrogens with one attached hydrogen (secondary N) is 2. The van der Waals surface area contributed by atoms with Crippen molar-refractivity contribution in [3.63, 3.8) is 0 Å². The molecule has 0 saturated carbocycles. The van der Waals surface area contributed by atoms with Crippen LogP contribution in [0.3, 0.4) is 0 Å². The van der Waals surface area contributed by atoms with Crippen molar-refractivity contribution in [2.75, 3.05) is 26.7 Å². The van der Waals surface area contributed by atoms with Crippen molar-refractivity contribution in [3.8, 4) is 5.75 Å². The van der Waals surface area contributed by atoms with Crippen LogP contribution < -0.4 is 14.8 Å². The van der Waals surface area contributed by atoms with Gasteiger partial charge >= 0.3 is 0 Å². The summed E-state index contributed by atoms with van der Waals surface area (Å²) in [6.45, 7) is 0.891. The zero-order valence-electron chi connectivity index (χ0n) is 11.7. The third kappa shape index (κ3) is 4.38. The summed E-state index contributed by atoms with van der Waals surface area (Å²) in [5.74, 6) is 0.291. The molecule has 1 aliphatic heterocycles. The van der Waals surface area contributed by atoms with Gasteiger partial charge in [-0.3, -0.25) is 0 Å². The summed E-state index contributed by atoms with van der Waals surface area (Å²) < 4.78 is 31.9. The van der Waals surface area contributed by atoms with E-state index in [-0.39, 0.29) is 33.9 Å². The molecule has 126 valence electrons. The Kier molecular flexibility index (Phi) is 6.76. The summed E-state index contributed by atoms with van der Waals surface area (Å²) in [5.41, 5.74) is -1.09. The summed E-state index contributed by atoms with van der Waals surface area (Å²) in [6.07, 6.45) is 0.479. The standard InChI is InChI=1S/C12H16Cl2N2O4S.ClH/c1-20-10-4-9(14)11(5-8(10)13)21(18,19)16-7-12(17)2-3-15-6-12;/h4-5,15-17H,2-3,6-7H2,1H3;1H. The molecule has 1 saturated heterocycles. The third-order valence-electron chi connectivity index (χ3n) is 3.31. The number of halogens is 3. The first-order valence-corrected chi connectivity index (χ1v) is 8.47. The highest BCUT2D eigenvalue weighted by atomic mass is 35.5. The van der Waals surface area contributed by atoms with Gasteiger partial charge in [0.05, 0.1) is 22.8 Å². The highest BCUT2D eigenvalue weighted by Crippen LogP contribution is 2.33. The van der Waals surface area contributed by atoms with Crippen molar-refractivity contribution in [1.82, 2.24) is 10.0 Å². The molecule has 1 aromatic carbocycles. The Labute approximate surface area is 145 Å². The quantitative estimate of drug-likeness (QED) is 0.707. The molecule has 0 amide bonds. The van der Waals surface area contributed by atoms with Crippen LogP contribution in [-0.2, 0) is 10.0 Å². The van der Waals surface area contributed by atoms with Crippen molar-refractivity contribution < 1.29 is 18.3 Å². The molecule has 1 atom stereocenters. The Balaban J connectivity index is 0.00000242. The van der Waals surface area contributed by atoms with E-state index >= 15 is 0 Å². The average Bonchev–Trinajstić information content (AvgIpc) is 2.86. The van der Waals surface area contributed by atoms with E-state index in [1.165, 1.54) is 19.2 Å². The monoisotopic (exact) mass is 390 g/mol. The number of aliphatic hydroxyl groups is 1. The maximum Gasteiger partial charge on any atom is 0.242 e. The molecule has 10 heteroatoms. The number of hydrogen-bond acceptors (Lipinski definition) is 5. The highest BCUT2D eigenvalue weighted by molar-refractivity contribution is 7.89. The van der Waals surface area contributed by atoms with Crippen LogP contribution in [0.2, 0.25) is 10.0 Å². The lowest BCUT2D eigenvalue weighted by molar-refractivity contribution is 0.0667. The molecular weight excluding hydrogens is 375 g/mol. The van der Waals surface area contributed by atoms with Gasteiger partial charge in [0.15, 0.2) is 0 Å². The molecule has 3 N–H and O–H groups in total. The second kappa shape index (κ2) is 7.53. The third-order valence-corrected chi connectivity index (χ3v) is 5.47. The maximum atomic E-state index is 12.3. The van der Waals surface area contributed by atoms with Crippen molar-refractivity contribution in [2.45, 2.75) is 16.9 Å². The van der Waals surface area contributed by atoms with E-state index in [9.17, 15) is 13.5 Å². The second-order valence-corrected chi connectivity index (χ2v) is 7.44. The van der Waals surface area contributed by atoms with Gasteiger partial charge in [-0.2, -0.15) is 0 Å². The number of methoxy groups -OCH3 is 1. The Morgan fingerprint density at radius 2 is 2.09 bits per heavy atom. The Morgan fingerprint density at radius 3 is 2.64 bits per heavy atom. The molecule has 1 fully saturated rings. The van der Waals surface area contributed by atoms with Gasteiger partial charge < -0.3 is 15.2 Å². The first kappa shape index (κ1) is 19.8. The highest BCUT2D eigenvalue weighted by Gasteiger charge is 2.33. The SMILES string of the molecule is COc1cc(Cl)c(S(=O)(=O)NCC2(O)CCNC2)cc1Cl.Cl. The van der Waals surface area contributed by atoms with E-state index in [2.05, 4.69) is 10.0 Å². The molecule has 0 spiro atoms. The molecule has 0 bridgehead atoms. The summed E-state index contributed by atoms with van der Waals surface area (Å²) in [6, 6.07) is 2.56. The van der Waals surface area contributed by atoms with Crippen molar-refractivity contribution >= 4 is 45.6 Å². The first-order valence-electron chi connectivity index (χ1n) is 6.23. The van der Waals surface area contributed by atoms with Gasteiger partial charge in [0.25, 0.3) is 0 Å². The molecule has 1 aliphatic rings. The van der Waals surface area contributed by atoms with Gasteiger partial charge in [0, 0.05) is 19.2 Å². The van der Waals surface area contributed by atoms with E-state index in [0.717, 1.165) is 0 Å². The van der Waals surface area contributed by atoms with E-state index in [0.29, 0.717) is 25.3 Å². The van der Waals surface area contributed by atoms with Gasteiger partial charge in [-0.15, -0.1) is 12.4 Å². The van der Waals surface area contributed by atoms with E-state index in [1.807, 2.05) is 0 Å². The zero-order chi connectivity index (χ0) is 15.7. The van der Waals surface area contributed by atoms with E-state index in [4.69, 9.17) is 27.9 Å². The molecule has 2 rings (SSSR count). The van der Waals surface area contributed by atoms with Crippen LogP contribution in [0, 0.1) is 0 Å². The summed E-state index contributed by atoms with van der Waals surface area (Å²) in [7, 11) is -2.46. The predicted molar refractivity (Wildman–Crippen MR) is 87.9 cm³/mol. The van der Waals surface area contributed by atoms with Crippen LogP contribution in [0.15, 0.2) is 17.0 Å². The van der Waals surface area contributed by atoms with E-state index in [1.54, 1.807) is 0 Å². The summed E-state index contributed by atoms with van der Waals surface area (Å²) in [5, 5.41) is 13.3. The minimum Gasteiger partial charge on any atom is -0.495 e. The number of hydrogen-bond donors (Lipinski definition) is 3. The van der Waals surface area contributed by atoms with Crippen LogP contribution in [0.5, 0.6) is 5.75 Å². The molecule has 1 heterocycles. The van der Waals surface area contributed by atoms with Crippen LogP contribution >= 0.6 is 35.6 Å². The second-order valence-electron chi connectivity index (χ2n) is 4.89. The normalized spacial score (nSPS) is 21.5.